The Hall–Kier alpha value is -4.18. The molecule has 10 heteroatoms. The first-order valence-electron chi connectivity index (χ1n) is 11.4. The van der Waals surface area contributed by atoms with Crippen LogP contribution in [0.3, 0.4) is 0 Å². The molecule has 0 atom stereocenters. The van der Waals surface area contributed by atoms with Crippen LogP contribution in [0.2, 0.25) is 0 Å². The Balaban J connectivity index is 1.38. The van der Waals surface area contributed by atoms with E-state index in [1.165, 1.54) is 11.8 Å². The molecule has 0 aliphatic rings. The molecule has 2 N–H and O–H groups in total. The van der Waals surface area contributed by atoms with E-state index in [2.05, 4.69) is 25.9 Å². The summed E-state index contributed by atoms with van der Waals surface area (Å²) in [6.45, 7) is 2.54. The lowest BCUT2D eigenvalue weighted by Crippen LogP contribution is -2.12. The van der Waals surface area contributed by atoms with Gasteiger partial charge in [0.2, 0.25) is 5.82 Å². The van der Waals surface area contributed by atoms with Gasteiger partial charge in [0.1, 0.15) is 5.75 Å². The van der Waals surface area contributed by atoms with Crippen LogP contribution in [0.4, 0.5) is 5.69 Å². The summed E-state index contributed by atoms with van der Waals surface area (Å²) >= 11 is 1.51. The van der Waals surface area contributed by atoms with Gasteiger partial charge in [-0.2, -0.15) is 5.21 Å². The van der Waals surface area contributed by atoms with Crippen LogP contribution in [-0.2, 0) is 9.53 Å². The first-order valence-corrected chi connectivity index (χ1v) is 12.2. The maximum absolute atomic E-state index is 12.9. The topological polar surface area (TPSA) is 119 Å². The van der Waals surface area contributed by atoms with Gasteiger partial charge in [-0.25, -0.2) is 0 Å². The zero-order valence-corrected chi connectivity index (χ0v) is 20.5. The predicted molar refractivity (Wildman–Crippen MR) is 136 cm³/mol. The fraction of sp³-hybridized carbons (Fsp3) is 0.192. The molecule has 0 fully saturated rings. The van der Waals surface area contributed by atoms with Crippen molar-refractivity contribution < 1.29 is 19.1 Å². The summed E-state index contributed by atoms with van der Waals surface area (Å²) < 4.78 is 10.6. The molecule has 1 heterocycles. The normalized spacial score (nSPS) is 10.6. The smallest absolute Gasteiger partial charge is 0.305 e. The van der Waals surface area contributed by atoms with E-state index < -0.39 is 0 Å². The summed E-state index contributed by atoms with van der Waals surface area (Å²) in [7, 11) is 0. The number of aromatic amines is 1. The molecule has 9 nitrogen and oxygen atoms in total. The van der Waals surface area contributed by atoms with Gasteiger partial charge in [-0.15, -0.1) is 10.2 Å². The van der Waals surface area contributed by atoms with E-state index in [1.54, 1.807) is 31.2 Å². The molecule has 0 aliphatic carbocycles. The van der Waals surface area contributed by atoms with Crippen molar-refractivity contribution in [3.05, 3.63) is 78.4 Å². The van der Waals surface area contributed by atoms with Gasteiger partial charge in [0.05, 0.1) is 18.9 Å². The van der Waals surface area contributed by atoms with E-state index in [4.69, 9.17) is 9.47 Å². The van der Waals surface area contributed by atoms with Crippen LogP contribution in [0.25, 0.3) is 11.4 Å². The maximum atomic E-state index is 12.9. The highest BCUT2D eigenvalue weighted by molar-refractivity contribution is 7.99. The highest BCUT2D eigenvalue weighted by Crippen LogP contribution is 2.38. The summed E-state index contributed by atoms with van der Waals surface area (Å²) in [4.78, 5) is 26.1. The highest BCUT2D eigenvalue weighted by atomic mass is 32.2. The van der Waals surface area contributed by atoms with E-state index >= 15 is 0 Å². The molecule has 4 rings (SSSR count). The second-order valence-corrected chi connectivity index (χ2v) is 8.65. The molecule has 0 unspecified atom stereocenters. The average molecular weight is 504 g/mol. The van der Waals surface area contributed by atoms with Crippen molar-refractivity contribution in [3.8, 4) is 17.1 Å². The number of tetrazole rings is 1. The first-order chi connectivity index (χ1) is 17.6. The average Bonchev–Trinajstić information content (AvgIpc) is 3.43. The Kier molecular flexibility index (Phi) is 8.66. The maximum Gasteiger partial charge on any atom is 0.305 e. The minimum atomic E-state index is -0.233. The third-order valence-electron chi connectivity index (χ3n) is 5.04. The highest BCUT2D eigenvalue weighted by Gasteiger charge is 2.14. The van der Waals surface area contributed by atoms with E-state index in [9.17, 15) is 9.59 Å². The molecule has 0 aliphatic heterocycles. The first kappa shape index (κ1) is 24.9. The Morgan fingerprint density at radius 3 is 2.47 bits per heavy atom. The van der Waals surface area contributed by atoms with Crippen molar-refractivity contribution in [2.45, 2.75) is 29.6 Å². The predicted octanol–water partition coefficient (Wildman–Crippen LogP) is 4.99. The molecule has 1 aromatic heterocycles. The lowest BCUT2D eigenvalue weighted by atomic mass is 10.2. The standard InChI is InChI=1S/C26H25N5O4S/c1-2-34-24(32)12-7-17-35-19-15-13-18(14-16-19)26(33)27-21-9-4-6-11-23(21)36-22-10-5-3-8-20(22)25-28-30-31-29-25/h3-6,8-11,13-16H,2,7,12,17H2,1H3,(H,27,33)(H,28,29,30,31). The molecule has 184 valence electrons. The van der Waals surface area contributed by atoms with Crippen molar-refractivity contribution in [3.63, 3.8) is 0 Å². The van der Waals surface area contributed by atoms with Gasteiger partial charge in [0.25, 0.3) is 5.91 Å². The number of hydrogen-bond acceptors (Lipinski definition) is 8. The number of carbonyl (C=O) groups excluding carboxylic acids is 2. The summed E-state index contributed by atoms with van der Waals surface area (Å²) in [6.07, 6.45) is 0.872. The van der Waals surface area contributed by atoms with Crippen molar-refractivity contribution >= 4 is 29.3 Å². The molecule has 0 radical (unpaired) electrons. The van der Waals surface area contributed by atoms with Gasteiger partial charge >= 0.3 is 5.97 Å². The third kappa shape index (κ3) is 6.70. The third-order valence-corrected chi connectivity index (χ3v) is 6.20. The van der Waals surface area contributed by atoms with Crippen LogP contribution >= 0.6 is 11.8 Å². The molecule has 1 amide bonds. The molecular weight excluding hydrogens is 478 g/mol. The van der Waals surface area contributed by atoms with Gasteiger partial charge < -0.3 is 14.8 Å². The summed E-state index contributed by atoms with van der Waals surface area (Å²) in [5.41, 5.74) is 2.03. The van der Waals surface area contributed by atoms with Gasteiger partial charge in [-0.3, -0.25) is 9.59 Å². The second-order valence-electron chi connectivity index (χ2n) is 7.57. The number of nitrogens with one attached hydrogen (secondary N) is 2. The fourth-order valence-electron chi connectivity index (χ4n) is 3.33. The number of anilines is 1. The van der Waals surface area contributed by atoms with E-state index in [0.717, 1.165) is 15.4 Å². The van der Waals surface area contributed by atoms with Crippen LogP contribution in [-0.4, -0.2) is 45.7 Å². The lowest BCUT2D eigenvalue weighted by Gasteiger charge is -2.12. The molecule has 0 spiro atoms. The van der Waals surface area contributed by atoms with E-state index in [0.29, 0.717) is 48.9 Å². The van der Waals surface area contributed by atoms with Crippen molar-refractivity contribution in [2.75, 3.05) is 18.5 Å². The molecule has 3 aromatic carbocycles. The van der Waals surface area contributed by atoms with Crippen LogP contribution in [0, 0.1) is 0 Å². The van der Waals surface area contributed by atoms with Gasteiger partial charge in [0, 0.05) is 27.3 Å². The zero-order chi connectivity index (χ0) is 25.2. The SMILES string of the molecule is CCOC(=O)CCCOc1ccc(C(=O)Nc2ccccc2Sc2ccccc2-c2nn[nH]n2)cc1. The Labute approximate surface area is 212 Å². The minimum Gasteiger partial charge on any atom is -0.494 e. The molecule has 0 bridgehead atoms. The number of hydrogen-bond donors (Lipinski definition) is 2. The minimum absolute atomic E-state index is 0.232. The van der Waals surface area contributed by atoms with Crippen molar-refractivity contribution in [1.82, 2.24) is 20.6 Å². The number of amides is 1. The molecule has 0 saturated heterocycles. The van der Waals surface area contributed by atoms with Gasteiger partial charge in [-0.1, -0.05) is 36.0 Å². The van der Waals surface area contributed by atoms with Crippen LogP contribution in [0.15, 0.2) is 82.6 Å². The summed E-state index contributed by atoms with van der Waals surface area (Å²) in [6, 6.07) is 22.2. The van der Waals surface area contributed by atoms with Crippen molar-refractivity contribution in [1.29, 1.82) is 0 Å². The zero-order valence-electron chi connectivity index (χ0n) is 19.6. The van der Waals surface area contributed by atoms with Crippen molar-refractivity contribution in [2.24, 2.45) is 0 Å². The largest absolute Gasteiger partial charge is 0.494 e. The number of esters is 1. The number of aromatic nitrogens is 4. The van der Waals surface area contributed by atoms with E-state index in [-0.39, 0.29) is 11.9 Å². The van der Waals surface area contributed by atoms with Crippen LogP contribution < -0.4 is 10.1 Å². The molecule has 0 saturated carbocycles. The molecule has 4 aromatic rings. The Morgan fingerprint density at radius 2 is 1.72 bits per heavy atom. The number of H-pyrrole nitrogens is 1. The number of ether oxygens (including phenoxy) is 2. The van der Waals surface area contributed by atoms with Crippen LogP contribution in [0.5, 0.6) is 5.75 Å². The number of benzene rings is 3. The van der Waals surface area contributed by atoms with Crippen LogP contribution in [0.1, 0.15) is 30.1 Å². The number of para-hydroxylation sites is 1. The lowest BCUT2D eigenvalue weighted by molar-refractivity contribution is -0.143. The monoisotopic (exact) mass is 503 g/mol. The Bertz CT molecular complexity index is 1300. The number of rotatable bonds is 11. The fourth-order valence-corrected chi connectivity index (χ4v) is 4.36. The number of carbonyl (C=O) groups is 2. The molecular formula is C26H25N5O4S. The van der Waals surface area contributed by atoms with Gasteiger partial charge in [0.15, 0.2) is 0 Å². The quantitative estimate of drug-likeness (QED) is 0.217. The number of nitrogens with zero attached hydrogens (tertiary/aromatic N) is 3. The van der Waals surface area contributed by atoms with Gasteiger partial charge in [-0.05, 0) is 67.1 Å². The molecule has 36 heavy (non-hydrogen) atoms. The second kappa shape index (κ2) is 12.5. The Morgan fingerprint density at radius 1 is 0.972 bits per heavy atom. The summed E-state index contributed by atoms with van der Waals surface area (Å²) in [5.74, 6) is 0.667. The summed E-state index contributed by atoms with van der Waals surface area (Å²) in [5, 5.41) is 17.3. The van der Waals surface area contributed by atoms with E-state index in [1.807, 2.05) is 48.5 Å².